The Morgan fingerprint density at radius 2 is 1.89 bits per heavy atom. The van der Waals surface area contributed by atoms with E-state index in [0.717, 1.165) is 12.1 Å². The molecule has 2 aromatic rings. The number of halogens is 4. The Kier molecular flexibility index (Phi) is 6.21. The number of alkyl carbamates (subject to hydrolysis) is 1. The largest absolute Gasteiger partial charge is 0.491 e. The Labute approximate surface area is 168 Å². The van der Waals surface area contributed by atoms with Crippen LogP contribution in [0.25, 0.3) is 0 Å². The fourth-order valence-electron chi connectivity index (χ4n) is 2.50. The first kappa shape index (κ1) is 20.2. The summed E-state index contributed by atoms with van der Waals surface area (Å²) in [6.45, 7) is -0.0697. The summed E-state index contributed by atoms with van der Waals surface area (Å²) in [4.78, 5) is 23.5. The molecule has 28 heavy (non-hydrogen) atoms. The van der Waals surface area contributed by atoms with Crippen molar-refractivity contribution in [2.24, 2.45) is 0 Å². The Balaban J connectivity index is 1.76. The van der Waals surface area contributed by atoms with Crippen LogP contribution in [0.5, 0.6) is 5.75 Å². The van der Waals surface area contributed by atoms with Gasteiger partial charge in [-0.25, -0.2) is 13.6 Å². The quantitative estimate of drug-likeness (QED) is 0.733. The highest BCUT2D eigenvalue weighted by Crippen LogP contribution is 2.25. The molecule has 0 radical (unpaired) electrons. The van der Waals surface area contributed by atoms with E-state index in [-0.39, 0.29) is 28.9 Å². The lowest BCUT2D eigenvalue weighted by molar-refractivity contribution is -0.128. The Morgan fingerprint density at radius 1 is 1.21 bits per heavy atom. The van der Waals surface area contributed by atoms with E-state index >= 15 is 0 Å². The molecule has 10 heteroatoms. The van der Waals surface area contributed by atoms with Crippen molar-refractivity contribution in [2.75, 3.05) is 13.2 Å². The van der Waals surface area contributed by atoms with Crippen LogP contribution in [-0.2, 0) is 9.53 Å². The molecule has 0 saturated carbocycles. The molecule has 148 valence electrons. The molecule has 1 fully saturated rings. The smallest absolute Gasteiger partial charge is 0.408 e. The number of nitrogens with one attached hydrogen (secondary N) is 2. The van der Waals surface area contributed by atoms with E-state index in [4.69, 9.17) is 32.7 Å². The van der Waals surface area contributed by atoms with E-state index in [9.17, 15) is 18.4 Å². The third kappa shape index (κ3) is 4.82. The molecular weight excluding hydrogens is 417 g/mol. The second-order valence-electron chi connectivity index (χ2n) is 5.90. The van der Waals surface area contributed by atoms with E-state index in [1.54, 1.807) is 0 Å². The van der Waals surface area contributed by atoms with Gasteiger partial charge in [0.05, 0.1) is 22.6 Å². The molecule has 0 spiro atoms. The topological polar surface area (TPSA) is 76.7 Å². The third-order valence-electron chi connectivity index (χ3n) is 3.94. The van der Waals surface area contributed by atoms with Gasteiger partial charge in [0.1, 0.15) is 24.0 Å². The maximum Gasteiger partial charge on any atom is 0.408 e. The van der Waals surface area contributed by atoms with Gasteiger partial charge in [-0.05, 0) is 29.8 Å². The summed E-state index contributed by atoms with van der Waals surface area (Å²) in [7, 11) is 0. The standard InChI is InChI=1S/C18H14Cl2F2N2O4/c19-11-5-9(1-3-13(11)21)15(24-17(25)16-7-23-18(26)28-16)8-27-10-2-4-14(22)12(20)6-10/h1-6,15-16H,7-8H2,(H,23,26)(H,24,25)/t15?,16-/m0/s1. The van der Waals surface area contributed by atoms with Gasteiger partial charge in [0.15, 0.2) is 6.10 Å². The lowest BCUT2D eigenvalue weighted by Gasteiger charge is -2.21. The Hall–Kier alpha value is -2.58. The fraction of sp³-hybridized carbons (Fsp3) is 0.222. The van der Waals surface area contributed by atoms with Gasteiger partial charge in [-0.15, -0.1) is 0 Å². The van der Waals surface area contributed by atoms with Crippen LogP contribution >= 0.6 is 23.2 Å². The van der Waals surface area contributed by atoms with Gasteiger partial charge < -0.3 is 20.1 Å². The number of cyclic esters (lactones) is 1. The normalized spacial score (nSPS) is 16.9. The lowest BCUT2D eigenvalue weighted by atomic mass is 10.1. The van der Waals surface area contributed by atoms with Crippen LogP contribution in [0.3, 0.4) is 0 Å². The number of hydrogen-bond donors (Lipinski definition) is 2. The average Bonchev–Trinajstić information content (AvgIpc) is 3.10. The number of carbonyl (C=O) groups is 2. The lowest BCUT2D eigenvalue weighted by Crippen LogP contribution is -2.41. The molecule has 1 aliphatic rings. The van der Waals surface area contributed by atoms with Gasteiger partial charge in [0, 0.05) is 6.07 Å². The van der Waals surface area contributed by atoms with E-state index in [1.165, 1.54) is 24.3 Å². The SMILES string of the molecule is O=C1NC[C@@H](C(=O)NC(COc2ccc(F)c(Cl)c2)c2ccc(F)c(Cl)c2)O1. The number of amides is 2. The summed E-state index contributed by atoms with van der Waals surface area (Å²) in [6.07, 6.45) is -1.70. The third-order valence-corrected chi connectivity index (χ3v) is 4.52. The van der Waals surface area contributed by atoms with E-state index in [1.807, 2.05) is 0 Å². The van der Waals surface area contributed by atoms with Crippen LogP contribution in [0.1, 0.15) is 11.6 Å². The highest BCUT2D eigenvalue weighted by molar-refractivity contribution is 6.31. The second-order valence-corrected chi connectivity index (χ2v) is 6.71. The highest BCUT2D eigenvalue weighted by atomic mass is 35.5. The van der Waals surface area contributed by atoms with Gasteiger partial charge in [-0.1, -0.05) is 29.3 Å². The first-order chi connectivity index (χ1) is 13.3. The molecule has 1 aliphatic heterocycles. The predicted octanol–water partition coefficient (Wildman–Crippen LogP) is 3.62. The van der Waals surface area contributed by atoms with Crippen LogP contribution in [0.2, 0.25) is 10.0 Å². The molecule has 0 aliphatic carbocycles. The Bertz CT molecular complexity index is 913. The average molecular weight is 431 g/mol. The number of rotatable bonds is 6. The maximum atomic E-state index is 13.5. The molecule has 1 heterocycles. The van der Waals surface area contributed by atoms with Gasteiger partial charge in [0.25, 0.3) is 5.91 Å². The zero-order valence-electron chi connectivity index (χ0n) is 14.2. The molecule has 1 saturated heterocycles. The van der Waals surface area contributed by atoms with Gasteiger partial charge in [-0.3, -0.25) is 4.79 Å². The molecule has 0 bridgehead atoms. The van der Waals surface area contributed by atoms with Gasteiger partial charge in [0.2, 0.25) is 0 Å². The van der Waals surface area contributed by atoms with Crippen LogP contribution in [0.4, 0.5) is 13.6 Å². The van der Waals surface area contributed by atoms with Gasteiger partial charge in [-0.2, -0.15) is 0 Å². The van der Waals surface area contributed by atoms with Gasteiger partial charge >= 0.3 is 6.09 Å². The van der Waals surface area contributed by atoms with Crippen molar-refractivity contribution in [2.45, 2.75) is 12.1 Å². The van der Waals surface area contributed by atoms with Crippen LogP contribution < -0.4 is 15.4 Å². The molecular formula is C18H14Cl2F2N2O4. The molecule has 1 unspecified atom stereocenters. The first-order valence-corrected chi connectivity index (χ1v) is 8.86. The monoisotopic (exact) mass is 430 g/mol. The fourth-order valence-corrected chi connectivity index (χ4v) is 2.86. The second kappa shape index (κ2) is 8.62. The minimum Gasteiger partial charge on any atom is -0.491 e. The highest BCUT2D eigenvalue weighted by Gasteiger charge is 2.31. The summed E-state index contributed by atoms with van der Waals surface area (Å²) >= 11 is 11.6. The Morgan fingerprint density at radius 3 is 2.50 bits per heavy atom. The predicted molar refractivity (Wildman–Crippen MR) is 97.5 cm³/mol. The van der Waals surface area contributed by atoms with E-state index < -0.39 is 35.8 Å². The number of ether oxygens (including phenoxy) is 2. The first-order valence-electron chi connectivity index (χ1n) is 8.11. The number of hydrogen-bond acceptors (Lipinski definition) is 4. The van der Waals surface area contributed by atoms with E-state index in [0.29, 0.717) is 5.56 Å². The van der Waals surface area contributed by atoms with Crippen molar-refractivity contribution in [3.05, 3.63) is 63.6 Å². The molecule has 6 nitrogen and oxygen atoms in total. The zero-order chi connectivity index (χ0) is 20.3. The van der Waals surface area contributed by atoms with Crippen molar-refractivity contribution >= 4 is 35.2 Å². The zero-order valence-corrected chi connectivity index (χ0v) is 15.7. The molecule has 2 N–H and O–H groups in total. The minimum atomic E-state index is -1.01. The number of carbonyl (C=O) groups excluding carboxylic acids is 2. The van der Waals surface area contributed by atoms with Crippen LogP contribution in [0.15, 0.2) is 36.4 Å². The summed E-state index contributed by atoms with van der Waals surface area (Å²) in [5.41, 5.74) is 0.463. The molecule has 3 rings (SSSR count). The number of benzene rings is 2. The van der Waals surface area contributed by atoms with Crippen LogP contribution in [0, 0.1) is 11.6 Å². The van der Waals surface area contributed by atoms with Crippen molar-refractivity contribution in [1.82, 2.24) is 10.6 Å². The molecule has 2 atom stereocenters. The molecule has 2 aromatic carbocycles. The summed E-state index contributed by atoms with van der Waals surface area (Å²) in [6, 6.07) is 6.99. The van der Waals surface area contributed by atoms with Crippen molar-refractivity contribution in [3.63, 3.8) is 0 Å². The summed E-state index contributed by atoms with van der Waals surface area (Å²) in [5.74, 6) is -1.51. The van der Waals surface area contributed by atoms with Crippen molar-refractivity contribution in [3.8, 4) is 5.75 Å². The maximum absolute atomic E-state index is 13.5. The summed E-state index contributed by atoms with van der Waals surface area (Å²) < 4.78 is 37.2. The molecule has 0 aromatic heterocycles. The minimum absolute atomic E-state index is 0.0238. The van der Waals surface area contributed by atoms with Crippen LogP contribution in [-0.4, -0.2) is 31.3 Å². The molecule has 2 amide bonds. The van der Waals surface area contributed by atoms with Crippen molar-refractivity contribution in [1.29, 1.82) is 0 Å². The van der Waals surface area contributed by atoms with Crippen molar-refractivity contribution < 1.29 is 27.8 Å². The summed E-state index contributed by atoms with van der Waals surface area (Å²) in [5, 5.41) is 4.80. The van der Waals surface area contributed by atoms with E-state index in [2.05, 4.69) is 10.6 Å².